The van der Waals surface area contributed by atoms with Crippen LogP contribution < -0.4 is 5.32 Å². The van der Waals surface area contributed by atoms with Gasteiger partial charge < -0.3 is 15.2 Å². The summed E-state index contributed by atoms with van der Waals surface area (Å²) in [5, 5.41) is 11.4. The average Bonchev–Trinajstić information content (AvgIpc) is 2.82. The van der Waals surface area contributed by atoms with Crippen LogP contribution in [0.5, 0.6) is 0 Å². The lowest BCUT2D eigenvalue weighted by molar-refractivity contribution is -0.127. The summed E-state index contributed by atoms with van der Waals surface area (Å²) in [7, 11) is 0. The summed E-state index contributed by atoms with van der Waals surface area (Å²) in [5.41, 5.74) is 0. The third-order valence-electron chi connectivity index (χ3n) is 2.41. The number of carboxylic acid groups (broad SMARTS) is 1. The van der Waals surface area contributed by atoms with E-state index in [1.54, 1.807) is 6.07 Å². The Kier molecular flexibility index (Phi) is 5.80. The molecule has 18 heavy (non-hydrogen) atoms. The van der Waals surface area contributed by atoms with Crippen LogP contribution >= 0.6 is 11.3 Å². The van der Waals surface area contributed by atoms with Crippen molar-refractivity contribution in [3.05, 3.63) is 21.9 Å². The Hall–Kier alpha value is -1.40. The monoisotopic (exact) mass is 271 g/mol. The van der Waals surface area contributed by atoms with Crippen molar-refractivity contribution >= 4 is 23.2 Å². The van der Waals surface area contributed by atoms with E-state index in [9.17, 15) is 9.59 Å². The van der Waals surface area contributed by atoms with Crippen LogP contribution in [0.25, 0.3) is 0 Å². The van der Waals surface area contributed by atoms with E-state index < -0.39 is 5.97 Å². The highest BCUT2D eigenvalue weighted by atomic mass is 32.1. The van der Waals surface area contributed by atoms with E-state index in [0.717, 1.165) is 22.6 Å². The second-order valence-corrected chi connectivity index (χ2v) is 5.05. The number of ether oxygens (including phenoxy) is 1. The molecule has 0 aliphatic carbocycles. The first kappa shape index (κ1) is 14.7. The Labute approximate surface area is 110 Å². The molecular weight excluding hydrogens is 254 g/mol. The molecule has 2 N–H and O–H groups in total. The van der Waals surface area contributed by atoms with E-state index in [-0.39, 0.29) is 23.5 Å². The van der Waals surface area contributed by atoms with E-state index in [1.165, 1.54) is 6.07 Å². The van der Waals surface area contributed by atoms with Gasteiger partial charge in [0.15, 0.2) is 0 Å². The fraction of sp³-hybridized carbons (Fsp3) is 0.500. The summed E-state index contributed by atoms with van der Waals surface area (Å²) in [6, 6.07) is 3.23. The molecule has 0 fully saturated rings. The highest BCUT2D eigenvalue weighted by molar-refractivity contribution is 7.13. The molecular formula is C12H17NO4S. The average molecular weight is 271 g/mol. The van der Waals surface area contributed by atoms with Crippen molar-refractivity contribution in [2.45, 2.75) is 32.9 Å². The third-order valence-corrected chi connectivity index (χ3v) is 3.48. The maximum absolute atomic E-state index is 11.4. The van der Waals surface area contributed by atoms with Crippen molar-refractivity contribution in [2.75, 3.05) is 6.61 Å². The summed E-state index contributed by atoms with van der Waals surface area (Å²) in [6.45, 7) is 4.26. The van der Waals surface area contributed by atoms with E-state index in [1.807, 2.05) is 13.8 Å². The lowest BCUT2D eigenvalue weighted by atomic mass is 10.3. The van der Waals surface area contributed by atoms with Crippen LogP contribution in [0.15, 0.2) is 12.1 Å². The molecule has 1 unspecified atom stereocenters. The van der Waals surface area contributed by atoms with Gasteiger partial charge in [-0.05, 0) is 25.5 Å². The zero-order valence-corrected chi connectivity index (χ0v) is 11.3. The topological polar surface area (TPSA) is 75.6 Å². The van der Waals surface area contributed by atoms with Gasteiger partial charge in [-0.1, -0.05) is 6.92 Å². The van der Waals surface area contributed by atoms with Crippen LogP contribution in [0.2, 0.25) is 0 Å². The molecule has 1 heterocycles. The predicted molar refractivity (Wildman–Crippen MR) is 68.8 cm³/mol. The van der Waals surface area contributed by atoms with E-state index in [0.29, 0.717) is 6.54 Å². The minimum Gasteiger partial charge on any atom is -0.477 e. The summed E-state index contributed by atoms with van der Waals surface area (Å²) in [6.07, 6.45) is 0.927. The minimum absolute atomic E-state index is 0.0339. The summed E-state index contributed by atoms with van der Waals surface area (Å²) in [5.74, 6) is -1.14. The second kappa shape index (κ2) is 7.13. The largest absolute Gasteiger partial charge is 0.477 e. The van der Waals surface area contributed by atoms with Crippen molar-refractivity contribution in [3.63, 3.8) is 0 Å². The molecule has 100 valence electrons. The minimum atomic E-state index is -0.947. The van der Waals surface area contributed by atoms with Gasteiger partial charge in [0.1, 0.15) is 11.5 Å². The zero-order valence-electron chi connectivity index (χ0n) is 10.4. The molecule has 0 radical (unpaired) electrons. The van der Waals surface area contributed by atoms with Crippen LogP contribution in [-0.4, -0.2) is 29.7 Å². The number of carbonyl (C=O) groups is 2. The Morgan fingerprint density at radius 3 is 2.78 bits per heavy atom. The smallest absolute Gasteiger partial charge is 0.345 e. The van der Waals surface area contributed by atoms with Gasteiger partial charge in [0, 0.05) is 4.88 Å². The first-order chi connectivity index (χ1) is 8.52. The van der Waals surface area contributed by atoms with Crippen LogP contribution in [-0.2, 0) is 16.1 Å². The van der Waals surface area contributed by atoms with Crippen molar-refractivity contribution in [2.24, 2.45) is 0 Å². The predicted octanol–water partition coefficient (Wildman–Crippen LogP) is 1.88. The Balaban J connectivity index is 2.31. The maximum atomic E-state index is 11.4. The van der Waals surface area contributed by atoms with Gasteiger partial charge in [-0.2, -0.15) is 0 Å². The second-order valence-electron chi connectivity index (χ2n) is 3.88. The Morgan fingerprint density at radius 2 is 2.22 bits per heavy atom. The number of hydrogen-bond donors (Lipinski definition) is 2. The molecule has 0 aromatic carbocycles. The SMILES string of the molecule is CCC(C)OCC(=O)NCc1ccc(C(=O)O)s1. The number of carboxylic acids is 1. The number of nitrogens with one attached hydrogen (secondary N) is 1. The molecule has 5 nitrogen and oxygen atoms in total. The zero-order chi connectivity index (χ0) is 13.5. The molecule has 0 aliphatic heterocycles. The van der Waals surface area contributed by atoms with Crippen LogP contribution in [0.4, 0.5) is 0 Å². The fourth-order valence-electron chi connectivity index (χ4n) is 1.16. The third kappa shape index (κ3) is 4.85. The van der Waals surface area contributed by atoms with Gasteiger partial charge in [0.2, 0.25) is 5.91 Å². The van der Waals surface area contributed by atoms with Crippen molar-refractivity contribution in [3.8, 4) is 0 Å². The number of amides is 1. The van der Waals surface area contributed by atoms with Crippen molar-refractivity contribution in [1.82, 2.24) is 5.32 Å². The van der Waals surface area contributed by atoms with Gasteiger partial charge in [0.05, 0.1) is 12.6 Å². The molecule has 6 heteroatoms. The number of rotatable bonds is 7. The summed E-state index contributed by atoms with van der Waals surface area (Å²) in [4.78, 5) is 23.2. The number of hydrogen-bond acceptors (Lipinski definition) is 4. The first-order valence-corrected chi connectivity index (χ1v) is 6.55. The maximum Gasteiger partial charge on any atom is 0.345 e. The molecule has 0 saturated heterocycles. The molecule has 0 aliphatic rings. The van der Waals surface area contributed by atoms with Gasteiger partial charge in [0.25, 0.3) is 0 Å². The van der Waals surface area contributed by atoms with Gasteiger partial charge in [-0.3, -0.25) is 4.79 Å². The van der Waals surface area contributed by atoms with Crippen molar-refractivity contribution in [1.29, 1.82) is 0 Å². The van der Waals surface area contributed by atoms with Crippen LogP contribution in [0, 0.1) is 0 Å². The van der Waals surface area contributed by atoms with Gasteiger partial charge in [-0.25, -0.2) is 4.79 Å². The normalized spacial score (nSPS) is 12.1. The molecule has 0 saturated carbocycles. The molecule has 1 rings (SSSR count). The van der Waals surface area contributed by atoms with Crippen LogP contribution in [0.1, 0.15) is 34.8 Å². The molecule has 1 aromatic rings. The van der Waals surface area contributed by atoms with Crippen LogP contribution in [0.3, 0.4) is 0 Å². The molecule has 1 atom stereocenters. The Morgan fingerprint density at radius 1 is 1.50 bits per heavy atom. The number of thiophene rings is 1. The highest BCUT2D eigenvalue weighted by Gasteiger charge is 2.08. The highest BCUT2D eigenvalue weighted by Crippen LogP contribution is 2.15. The Bertz CT molecular complexity index is 416. The molecule has 1 amide bonds. The standard InChI is InChI=1S/C12H17NO4S/c1-3-8(2)17-7-11(14)13-6-9-4-5-10(18-9)12(15)16/h4-5,8H,3,6-7H2,1-2H3,(H,13,14)(H,15,16). The fourth-order valence-corrected chi connectivity index (χ4v) is 1.95. The van der Waals surface area contributed by atoms with E-state index in [2.05, 4.69) is 5.32 Å². The number of aromatic carboxylic acids is 1. The van der Waals surface area contributed by atoms with Gasteiger partial charge in [-0.15, -0.1) is 11.3 Å². The quantitative estimate of drug-likeness (QED) is 0.794. The lowest BCUT2D eigenvalue weighted by Crippen LogP contribution is -2.28. The molecule has 0 spiro atoms. The lowest BCUT2D eigenvalue weighted by Gasteiger charge is -2.10. The van der Waals surface area contributed by atoms with Crippen molar-refractivity contribution < 1.29 is 19.4 Å². The van der Waals surface area contributed by atoms with E-state index >= 15 is 0 Å². The summed E-state index contributed by atoms with van der Waals surface area (Å²) >= 11 is 1.16. The number of carbonyl (C=O) groups excluding carboxylic acids is 1. The molecule has 1 aromatic heterocycles. The van der Waals surface area contributed by atoms with Gasteiger partial charge >= 0.3 is 5.97 Å². The molecule has 0 bridgehead atoms. The van der Waals surface area contributed by atoms with E-state index in [4.69, 9.17) is 9.84 Å². The summed E-state index contributed by atoms with van der Waals surface area (Å²) < 4.78 is 5.28. The first-order valence-electron chi connectivity index (χ1n) is 5.73.